The third-order valence-corrected chi connectivity index (χ3v) is 4.85. The van der Waals surface area contributed by atoms with Crippen LogP contribution < -0.4 is 0 Å². The zero-order valence-electron chi connectivity index (χ0n) is 11.6. The Morgan fingerprint density at radius 3 is 2.65 bits per heavy atom. The summed E-state index contributed by atoms with van der Waals surface area (Å²) in [6.45, 7) is 3.35. The van der Waals surface area contributed by atoms with Gasteiger partial charge in [-0.2, -0.15) is 5.26 Å². The molecule has 0 bridgehead atoms. The minimum Gasteiger partial charge on any atom is -0.298 e. The van der Waals surface area contributed by atoms with Gasteiger partial charge in [-0.3, -0.25) is 4.90 Å². The molecule has 0 amide bonds. The average Bonchev–Trinajstić information content (AvgIpc) is 2.64. The molecular formula is C14H19N3O2S. The van der Waals surface area contributed by atoms with Gasteiger partial charge >= 0.3 is 0 Å². The number of nitrogens with zero attached hydrogens (tertiary/aromatic N) is 3. The van der Waals surface area contributed by atoms with Crippen LogP contribution in [0.5, 0.6) is 0 Å². The maximum Gasteiger partial charge on any atom is 0.211 e. The molecule has 1 saturated heterocycles. The van der Waals surface area contributed by atoms with Gasteiger partial charge in [0.25, 0.3) is 0 Å². The van der Waals surface area contributed by atoms with Crippen LogP contribution in [-0.4, -0.2) is 50.1 Å². The lowest BCUT2D eigenvalue weighted by Gasteiger charge is -2.21. The first-order valence-corrected chi connectivity index (χ1v) is 8.51. The highest BCUT2D eigenvalue weighted by molar-refractivity contribution is 7.88. The van der Waals surface area contributed by atoms with Crippen molar-refractivity contribution in [1.29, 1.82) is 5.26 Å². The maximum atomic E-state index is 11.6. The second-order valence-electron chi connectivity index (χ2n) is 5.06. The van der Waals surface area contributed by atoms with Crippen molar-refractivity contribution in [2.24, 2.45) is 0 Å². The standard InChI is InChI=1S/C14H19N3O2S/c1-20(18,19)17-8-4-7-16(9-10-17)12-14-6-3-2-5-13(14)11-15/h2-3,5-6H,4,7-10,12H2,1H3. The summed E-state index contributed by atoms with van der Waals surface area (Å²) in [4.78, 5) is 2.21. The Labute approximate surface area is 120 Å². The zero-order chi connectivity index (χ0) is 14.6. The number of sulfonamides is 1. The van der Waals surface area contributed by atoms with Gasteiger partial charge < -0.3 is 0 Å². The van der Waals surface area contributed by atoms with Crippen molar-refractivity contribution >= 4 is 10.0 Å². The van der Waals surface area contributed by atoms with Crippen LogP contribution in [0, 0.1) is 11.3 Å². The van der Waals surface area contributed by atoms with Crippen LogP contribution in [0.4, 0.5) is 0 Å². The highest BCUT2D eigenvalue weighted by Crippen LogP contribution is 2.13. The molecule has 6 heteroatoms. The maximum absolute atomic E-state index is 11.6. The fourth-order valence-electron chi connectivity index (χ4n) is 2.45. The largest absolute Gasteiger partial charge is 0.298 e. The zero-order valence-corrected chi connectivity index (χ0v) is 12.4. The smallest absolute Gasteiger partial charge is 0.211 e. The molecule has 0 atom stereocenters. The summed E-state index contributed by atoms with van der Waals surface area (Å²) in [6, 6.07) is 9.76. The minimum absolute atomic E-state index is 0.521. The molecule has 1 aliphatic rings. The molecule has 0 aliphatic carbocycles. The number of benzene rings is 1. The van der Waals surface area contributed by atoms with Gasteiger partial charge in [-0.25, -0.2) is 12.7 Å². The van der Waals surface area contributed by atoms with Gasteiger partial charge in [0.15, 0.2) is 0 Å². The Hall–Kier alpha value is -1.42. The van der Waals surface area contributed by atoms with Crippen LogP contribution in [0.2, 0.25) is 0 Å². The Morgan fingerprint density at radius 1 is 1.20 bits per heavy atom. The van der Waals surface area contributed by atoms with Crippen LogP contribution in [0.1, 0.15) is 17.5 Å². The second kappa shape index (κ2) is 6.35. The Kier molecular flexibility index (Phi) is 4.76. The van der Waals surface area contributed by atoms with Crippen molar-refractivity contribution in [2.75, 3.05) is 32.4 Å². The normalized spacial score (nSPS) is 18.4. The van der Waals surface area contributed by atoms with E-state index in [0.29, 0.717) is 31.7 Å². The fourth-order valence-corrected chi connectivity index (χ4v) is 3.32. The number of hydrogen-bond donors (Lipinski definition) is 0. The van der Waals surface area contributed by atoms with E-state index in [-0.39, 0.29) is 0 Å². The molecule has 0 N–H and O–H groups in total. The van der Waals surface area contributed by atoms with Crippen molar-refractivity contribution in [1.82, 2.24) is 9.21 Å². The molecule has 1 fully saturated rings. The summed E-state index contributed by atoms with van der Waals surface area (Å²) in [7, 11) is -3.10. The van der Waals surface area contributed by atoms with E-state index in [9.17, 15) is 8.42 Å². The van der Waals surface area contributed by atoms with Crippen molar-refractivity contribution in [3.05, 3.63) is 35.4 Å². The van der Waals surface area contributed by atoms with Crippen molar-refractivity contribution < 1.29 is 8.42 Å². The first-order chi connectivity index (χ1) is 9.50. The van der Waals surface area contributed by atoms with E-state index in [1.807, 2.05) is 24.3 Å². The van der Waals surface area contributed by atoms with Gasteiger partial charge in [0, 0.05) is 26.2 Å². The van der Waals surface area contributed by atoms with Crippen LogP contribution in [0.3, 0.4) is 0 Å². The van der Waals surface area contributed by atoms with Gasteiger partial charge in [0.05, 0.1) is 17.9 Å². The Balaban J connectivity index is 2.03. The summed E-state index contributed by atoms with van der Waals surface area (Å²) in [5.74, 6) is 0. The Bertz CT molecular complexity index is 607. The molecule has 1 aromatic carbocycles. The van der Waals surface area contributed by atoms with E-state index in [4.69, 9.17) is 5.26 Å². The molecule has 0 aromatic heterocycles. The summed E-state index contributed by atoms with van der Waals surface area (Å²) in [5.41, 5.74) is 1.69. The van der Waals surface area contributed by atoms with Gasteiger partial charge in [-0.1, -0.05) is 18.2 Å². The average molecular weight is 293 g/mol. The molecule has 1 aliphatic heterocycles. The Morgan fingerprint density at radius 2 is 1.95 bits per heavy atom. The van der Waals surface area contributed by atoms with Crippen LogP contribution >= 0.6 is 0 Å². The van der Waals surface area contributed by atoms with Crippen LogP contribution in [-0.2, 0) is 16.6 Å². The molecule has 20 heavy (non-hydrogen) atoms. The quantitative estimate of drug-likeness (QED) is 0.835. The molecule has 2 rings (SSSR count). The molecule has 1 heterocycles. The van der Waals surface area contributed by atoms with Gasteiger partial charge in [-0.05, 0) is 24.6 Å². The SMILES string of the molecule is CS(=O)(=O)N1CCCN(Cc2ccccc2C#N)CC1. The number of rotatable bonds is 3. The predicted octanol–water partition coefficient (Wildman–Crippen LogP) is 1.03. The van der Waals surface area contributed by atoms with Gasteiger partial charge in [0.2, 0.25) is 10.0 Å². The highest BCUT2D eigenvalue weighted by atomic mass is 32.2. The monoisotopic (exact) mass is 293 g/mol. The summed E-state index contributed by atoms with van der Waals surface area (Å²) in [5, 5.41) is 9.10. The molecule has 1 aromatic rings. The number of hydrogen-bond acceptors (Lipinski definition) is 4. The second-order valence-corrected chi connectivity index (χ2v) is 7.04. The first kappa shape index (κ1) is 15.0. The van der Waals surface area contributed by atoms with E-state index in [1.165, 1.54) is 10.6 Å². The van der Waals surface area contributed by atoms with Crippen molar-refractivity contribution in [2.45, 2.75) is 13.0 Å². The van der Waals surface area contributed by atoms with E-state index >= 15 is 0 Å². The molecule has 5 nitrogen and oxygen atoms in total. The summed E-state index contributed by atoms with van der Waals surface area (Å²) < 4.78 is 24.7. The lowest BCUT2D eigenvalue weighted by molar-refractivity contribution is 0.278. The van der Waals surface area contributed by atoms with E-state index in [2.05, 4.69) is 11.0 Å². The third-order valence-electron chi connectivity index (χ3n) is 3.55. The predicted molar refractivity (Wildman–Crippen MR) is 77.5 cm³/mol. The number of nitriles is 1. The van der Waals surface area contributed by atoms with E-state index in [1.54, 1.807) is 0 Å². The summed E-state index contributed by atoms with van der Waals surface area (Å²) >= 11 is 0. The molecule has 0 radical (unpaired) electrons. The molecule has 0 saturated carbocycles. The molecule has 0 spiro atoms. The van der Waals surface area contributed by atoms with Crippen LogP contribution in [0.25, 0.3) is 0 Å². The topological polar surface area (TPSA) is 64.4 Å². The van der Waals surface area contributed by atoms with Crippen molar-refractivity contribution in [3.8, 4) is 6.07 Å². The summed E-state index contributed by atoms with van der Waals surface area (Å²) in [6.07, 6.45) is 2.08. The van der Waals surface area contributed by atoms with Crippen LogP contribution in [0.15, 0.2) is 24.3 Å². The van der Waals surface area contributed by atoms with E-state index < -0.39 is 10.0 Å². The first-order valence-electron chi connectivity index (χ1n) is 6.66. The molecule has 108 valence electrons. The molecule has 0 unspecified atom stereocenters. The third kappa shape index (κ3) is 3.79. The van der Waals surface area contributed by atoms with Gasteiger partial charge in [0.1, 0.15) is 0 Å². The van der Waals surface area contributed by atoms with E-state index in [0.717, 1.165) is 18.5 Å². The highest BCUT2D eigenvalue weighted by Gasteiger charge is 2.21. The lowest BCUT2D eigenvalue weighted by atomic mass is 10.1. The molecular weight excluding hydrogens is 274 g/mol. The van der Waals surface area contributed by atoms with Gasteiger partial charge in [-0.15, -0.1) is 0 Å². The van der Waals surface area contributed by atoms with Crippen molar-refractivity contribution in [3.63, 3.8) is 0 Å². The minimum atomic E-state index is -3.10. The fraction of sp³-hybridized carbons (Fsp3) is 0.500. The lowest BCUT2D eigenvalue weighted by Crippen LogP contribution is -2.34.